The molecule has 19 heavy (non-hydrogen) atoms. The molecule has 0 atom stereocenters. The number of ether oxygens (including phenoxy) is 1. The fourth-order valence-electron chi connectivity index (χ4n) is 1.30. The van der Waals surface area contributed by atoms with Crippen molar-refractivity contribution in [1.82, 2.24) is 4.98 Å². The summed E-state index contributed by atoms with van der Waals surface area (Å²) >= 11 is 5.20. The van der Waals surface area contributed by atoms with Crippen LogP contribution in [0.2, 0.25) is 0 Å². The molecule has 0 bridgehead atoms. The van der Waals surface area contributed by atoms with Gasteiger partial charge in [-0.05, 0) is 0 Å². The Morgan fingerprint density at radius 2 is 1.84 bits per heavy atom. The minimum atomic E-state index is -5.22. The van der Waals surface area contributed by atoms with Crippen LogP contribution in [0, 0.1) is 0 Å². The normalized spacial score (nSPS) is 12.4. The number of pyridine rings is 1. The zero-order valence-corrected chi connectivity index (χ0v) is 9.53. The lowest BCUT2D eigenvalue weighted by Gasteiger charge is -2.17. The molecule has 0 aliphatic heterocycles. The lowest BCUT2D eigenvalue weighted by Crippen LogP contribution is -2.21. The van der Waals surface area contributed by atoms with E-state index in [0.717, 1.165) is 0 Å². The highest BCUT2D eigenvalue weighted by atomic mass is 35.5. The Morgan fingerprint density at radius 1 is 1.26 bits per heavy atom. The third-order valence-corrected chi connectivity index (χ3v) is 2.19. The van der Waals surface area contributed by atoms with Crippen LogP contribution in [-0.4, -0.2) is 17.6 Å². The number of aldehydes is 1. The smallest absolute Gasteiger partial charge is 0.388 e. The van der Waals surface area contributed by atoms with Crippen molar-refractivity contribution >= 4 is 17.9 Å². The molecule has 1 heterocycles. The number of halogens is 7. The molecule has 1 rings (SSSR count). The Bertz CT molecular complexity index is 485. The van der Waals surface area contributed by atoms with Crippen molar-refractivity contribution in [2.75, 3.05) is 0 Å². The van der Waals surface area contributed by atoms with E-state index >= 15 is 0 Å². The molecule has 0 aliphatic carbocycles. The molecule has 0 N–H and O–H groups in total. The quantitative estimate of drug-likeness (QED) is 0.487. The molecule has 106 valence electrons. The molecule has 0 unspecified atom stereocenters. The maximum atomic E-state index is 12.7. The fraction of sp³-hybridized carbons (Fsp3) is 0.333. The first-order valence-corrected chi connectivity index (χ1v) is 4.99. The highest BCUT2D eigenvalue weighted by molar-refractivity contribution is 6.17. The van der Waals surface area contributed by atoms with E-state index in [9.17, 15) is 31.1 Å². The van der Waals surface area contributed by atoms with Crippen molar-refractivity contribution < 1.29 is 35.9 Å². The summed E-state index contributed by atoms with van der Waals surface area (Å²) in [6.07, 6.45) is -10.1. The molecule has 0 aliphatic rings. The molecule has 0 radical (unpaired) electrons. The van der Waals surface area contributed by atoms with Crippen molar-refractivity contribution in [2.45, 2.75) is 18.4 Å². The maximum absolute atomic E-state index is 12.7. The van der Waals surface area contributed by atoms with Gasteiger partial charge < -0.3 is 4.74 Å². The van der Waals surface area contributed by atoms with E-state index in [2.05, 4.69) is 9.72 Å². The molecule has 10 heteroatoms. The van der Waals surface area contributed by atoms with Crippen LogP contribution in [0.5, 0.6) is 5.88 Å². The summed E-state index contributed by atoms with van der Waals surface area (Å²) in [5, 5.41) is 0. The second kappa shape index (κ2) is 5.24. The Morgan fingerprint density at radius 3 is 2.21 bits per heavy atom. The lowest BCUT2D eigenvalue weighted by atomic mass is 10.1. The van der Waals surface area contributed by atoms with Crippen LogP contribution in [0.15, 0.2) is 6.20 Å². The second-order valence-corrected chi connectivity index (χ2v) is 3.44. The van der Waals surface area contributed by atoms with Gasteiger partial charge >= 0.3 is 12.5 Å². The van der Waals surface area contributed by atoms with Crippen molar-refractivity contribution in [3.05, 3.63) is 22.9 Å². The molecule has 0 saturated carbocycles. The number of alkyl halides is 7. The topological polar surface area (TPSA) is 39.2 Å². The SMILES string of the molecule is O=Cc1cnc(OC(F)(F)F)c(CCl)c1C(F)(F)F. The summed E-state index contributed by atoms with van der Waals surface area (Å²) in [4.78, 5) is 13.5. The number of carbonyl (C=O) groups excluding carboxylic acids is 1. The van der Waals surface area contributed by atoms with E-state index in [1.54, 1.807) is 0 Å². The third kappa shape index (κ3) is 3.72. The minimum absolute atomic E-state index is 0.177. The summed E-state index contributed by atoms with van der Waals surface area (Å²) < 4.78 is 77.5. The number of aromatic nitrogens is 1. The van der Waals surface area contributed by atoms with Crippen LogP contribution in [0.1, 0.15) is 21.5 Å². The first-order chi connectivity index (χ1) is 8.60. The van der Waals surface area contributed by atoms with Crippen LogP contribution < -0.4 is 4.74 Å². The van der Waals surface area contributed by atoms with Gasteiger partial charge in [0.1, 0.15) is 0 Å². The first kappa shape index (κ1) is 15.5. The zero-order valence-electron chi connectivity index (χ0n) is 8.77. The molecule has 3 nitrogen and oxygen atoms in total. The van der Waals surface area contributed by atoms with Gasteiger partial charge in [-0.2, -0.15) is 13.2 Å². The lowest BCUT2D eigenvalue weighted by molar-refractivity contribution is -0.276. The van der Waals surface area contributed by atoms with Crippen molar-refractivity contribution in [3.8, 4) is 5.88 Å². The standard InChI is InChI=1S/C9H4ClF6NO2/c10-1-5-6(8(11,12)13)4(3-18)2-17-7(5)19-9(14,15)16/h2-3H,1H2. The molecule has 1 aromatic heterocycles. The number of carbonyl (C=O) groups is 1. The van der Waals surface area contributed by atoms with E-state index in [4.69, 9.17) is 11.6 Å². The van der Waals surface area contributed by atoms with Crippen LogP contribution in [-0.2, 0) is 12.1 Å². The highest BCUT2D eigenvalue weighted by Gasteiger charge is 2.40. The Labute approximate surface area is 107 Å². The highest BCUT2D eigenvalue weighted by Crippen LogP contribution is 2.39. The maximum Gasteiger partial charge on any atom is 0.574 e. The van der Waals surface area contributed by atoms with E-state index in [1.165, 1.54) is 0 Å². The Kier molecular flexibility index (Phi) is 4.28. The van der Waals surface area contributed by atoms with Gasteiger partial charge in [-0.1, -0.05) is 0 Å². The number of hydrogen-bond donors (Lipinski definition) is 0. The number of nitrogens with zero attached hydrogens (tertiary/aromatic N) is 1. The average Bonchev–Trinajstić information content (AvgIpc) is 2.25. The summed E-state index contributed by atoms with van der Waals surface area (Å²) in [6, 6.07) is 0. The predicted octanol–water partition coefficient (Wildman–Crippen LogP) is 3.55. The van der Waals surface area contributed by atoms with Gasteiger partial charge in [0, 0.05) is 17.3 Å². The molecule has 1 aromatic rings. The van der Waals surface area contributed by atoms with Gasteiger partial charge in [-0.3, -0.25) is 4.79 Å². The van der Waals surface area contributed by atoms with Crippen molar-refractivity contribution in [3.63, 3.8) is 0 Å². The third-order valence-electron chi connectivity index (χ3n) is 1.93. The second-order valence-electron chi connectivity index (χ2n) is 3.17. The molecule has 0 amide bonds. The Balaban J connectivity index is 3.49. The zero-order chi connectivity index (χ0) is 14.8. The van der Waals surface area contributed by atoms with Gasteiger partial charge in [0.25, 0.3) is 0 Å². The van der Waals surface area contributed by atoms with Gasteiger partial charge in [0.05, 0.1) is 11.4 Å². The molecule has 0 saturated heterocycles. The van der Waals surface area contributed by atoms with Gasteiger partial charge in [-0.15, -0.1) is 24.8 Å². The van der Waals surface area contributed by atoms with Crippen LogP contribution in [0.4, 0.5) is 26.3 Å². The molecule has 0 spiro atoms. The van der Waals surface area contributed by atoms with Crippen molar-refractivity contribution in [2.24, 2.45) is 0 Å². The van der Waals surface area contributed by atoms with Crippen LogP contribution in [0.25, 0.3) is 0 Å². The summed E-state index contributed by atoms with van der Waals surface area (Å²) in [5.41, 5.74) is -3.56. The number of hydrogen-bond acceptors (Lipinski definition) is 3. The van der Waals surface area contributed by atoms with Crippen molar-refractivity contribution in [1.29, 1.82) is 0 Å². The van der Waals surface area contributed by atoms with Crippen LogP contribution in [0.3, 0.4) is 0 Å². The number of rotatable bonds is 3. The van der Waals surface area contributed by atoms with E-state index in [0.29, 0.717) is 6.20 Å². The van der Waals surface area contributed by atoms with Gasteiger partial charge in [-0.25, -0.2) is 4.98 Å². The molecular weight excluding hydrogens is 304 g/mol. The van der Waals surface area contributed by atoms with Crippen LogP contribution >= 0.6 is 11.6 Å². The summed E-state index contributed by atoms with van der Waals surface area (Å²) in [6.45, 7) is 0. The van der Waals surface area contributed by atoms with Gasteiger partial charge in [0.2, 0.25) is 5.88 Å². The van der Waals surface area contributed by atoms with E-state index in [1.807, 2.05) is 0 Å². The largest absolute Gasteiger partial charge is 0.574 e. The minimum Gasteiger partial charge on any atom is -0.388 e. The first-order valence-electron chi connectivity index (χ1n) is 4.46. The van der Waals surface area contributed by atoms with E-state index in [-0.39, 0.29) is 6.29 Å². The Hall–Kier alpha value is -1.51. The van der Waals surface area contributed by atoms with Gasteiger partial charge in [0.15, 0.2) is 6.29 Å². The summed E-state index contributed by atoms with van der Waals surface area (Å²) in [5.74, 6) is -2.28. The summed E-state index contributed by atoms with van der Waals surface area (Å²) in [7, 11) is 0. The average molecular weight is 308 g/mol. The monoisotopic (exact) mass is 307 g/mol. The predicted molar refractivity (Wildman–Crippen MR) is 50.9 cm³/mol. The molecule has 0 aromatic carbocycles. The fourth-order valence-corrected chi connectivity index (χ4v) is 1.55. The molecule has 0 fully saturated rings. The van der Waals surface area contributed by atoms with E-state index < -0.39 is 41.0 Å². The molecular formula is C9H4ClF6NO2.